The predicted octanol–water partition coefficient (Wildman–Crippen LogP) is 3.70. The van der Waals surface area contributed by atoms with Crippen LogP contribution in [-0.2, 0) is 4.74 Å². The van der Waals surface area contributed by atoms with Crippen molar-refractivity contribution in [3.05, 3.63) is 82.0 Å². The highest BCUT2D eigenvalue weighted by Crippen LogP contribution is 2.40. The van der Waals surface area contributed by atoms with Gasteiger partial charge in [-0.2, -0.15) is 0 Å². The van der Waals surface area contributed by atoms with E-state index in [1.165, 1.54) is 31.3 Å². The highest BCUT2D eigenvalue weighted by atomic mass is 19.1. The minimum absolute atomic E-state index is 0.0545. The Morgan fingerprint density at radius 2 is 1.97 bits per heavy atom. The van der Waals surface area contributed by atoms with Crippen molar-refractivity contribution >= 4 is 16.9 Å². The lowest BCUT2D eigenvalue weighted by Crippen LogP contribution is -2.32. The molecule has 1 aliphatic heterocycles. The summed E-state index contributed by atoms with van der Waals surface area (Å²) in [5, 5.41) is 0.0769. The third kappa shape index (κ3) is 3.62. The summed E-state index contributed by atoms with van der Waals surface area (Å²) < 4.78 is 35.8. The zero-order chi connectivity index (χ0) is 22.8. The van der Waals surface area contributed by atoms with Gasteiger partial charge in [0.25, 0.3) is 5.91 Å². The average molecular weight is 439 g/mol. The minimum Gasteiger partial charge on any atom is -0.493 e. The molecule has 7 nitrogen and oxygen atoms in total. The van der Waals surface area contributed by atoms with Crippen LogP contribution in [0.3, 0.4) is 0 Å². The van der Waals surface area contributed by atoms with Gasteiger partial charge >= 0.3 is 0 Å². The lowest BCUT2D eigenvalue weighted by molar-refractivity contribution is 0.0663. The summed E-state index contributed by atoms with van der Waals surface area (Å²) in [5.74, 6) is -0.116. The van der Waals surface area contributed by atoms with Crippen LogP contribution in [-0.4, -0.2) is 44.8 Å². The SMILES string of the molecule is C=CCOc1ccc(C2c3c(oc4ccc(F)cc4c3=O)C(=O)N2CCOC)cc1OC. The number of rotatable bonds is 8. The van der Waals surface area contributed by atoms with Crippen LogP contribution in [0.4, 0.5) is 4.39 Å². The van der Waals surface area contributed by atoms with E-state index in [0.29, 0.717) is 23.7 Å². The van der Waals surface area contributed by atoms with Gasteiger partial charge in [-0.3, -0.25) is 9.59 Å². The van der Waals surface area contributed by atoms with E-state index in [4.69, 9.17) is 18.6 Å². The molecule has 1 aromatic heterocycles. The zero-order valence-corrected chi connectivity index (χ0v) is 17.7. The molecule has 166 valence electrons. The van der Waals surface area contributed by atoms with E-state index in [-0.39, 0.29) is 35.4 Å². The van der Waals surface area contributed by atoms with Crippen molar-refractivity contribution in [3.63, 3.8) is 0 Å². The molecule has 0 fully saturated rings. The van der Waals surface area contributed by atoms with Crippen molar-refractivity contribution in [1.29, 1.82) is 0 Å². The predicted molar refractivity (Wildman–Crippen MR) is 116 cm³/mol. The third-order valence-corrected chi connectivity index (χ3v) is 5.32. The van der Waals surface area contributed by atoms with Crippen molar-refractivity contribution in [3.8, 4) is 11.5 Å². The average Bonchev–Trinajstić information content (AvgIpc) is 3.08. The monoisotopic (exact) mass is 439 g/mol. The minimum atomic E-state index is -0.751. The summed E-state index contributed by atoms with van der Waals surface area (Å²) in [4.78, 5) is 28.1. The molecule has 0 saturated carbocycles. The van der Waals surface area contributed by atoms with Crippen LogP contribution in [0, 0.1) is 5.82 Å². The number of benzene rings is 2. The summed E-state index contributed by atoms with van der Waals surface area (Å²) >= 11 is 0. The Labute approximate surface area is 183 Å². The highest BCUT2D eigenvalue weighted by molar-refractivity contribution is 5.99. The van der Waals surface area contributed by atoms with E-state index in [1.54, 1.807) is 24.3 Å². The maximum absolute atomic E-state index is 13.8. The number of methoxy groups -OCH3 is 2. The Bertz CT molecular complexity index is 1250. The van der Waals surface area contributed by atoms with Gasteiger partial charge in [0.15, 0.2) is 16.9 Å². The van der Waals surface area contributed by atoms with Crippen molar-refractivity contribution < 1.29 is 27.8 Å². The van der Waals surface area contributed by atoms with Gasteiger partial charge in [-0.05, 0) is 35.9 Å². The van der Waals surface area contributed by atoms with Crippen LogP contribution in [0.15, 0.2) is 58.3 Å². The number of carbonyl (C=O) groups is 1. The second kappa shape index (κ2) is 8.84. The molecule has 0 bridgehead atoms. The molecular weight excluding hydrogens is 417 g/mol. The molecule has 0 spiro atoms. The summed E-state index contributed by atoms with van der Waals surface area (Å²) in [5.41, 5.74) is 0.483. The van der Waals surface area contributed by atoms with Gasteiger partial charge in [0, 0.05) is 13.7 Å². The number of halogens is 1. The second-order valence-electron chi connectivity index (χ2n) is 7.22. The first-order chi connectivity index (χ1) is 15.5. The molecule has 4 rings (SSSR count). The fourth-order valence-corrected chi connectivity index (χ4v) is 3.88. The van der Waals surface area contributed by atoms with Crippen molar-refractivity contribution in [2.24, 2.45) is 0 Å². The van der Waals surface area contributed by atoms with E-state index in [9.17, 15) is 14.0 Å². The first kappa shape index (κ1) is 21.6. The molecular formula is C24H22FNO6. The van der Waals surface area contributed by atoms with Crippen molar-refractivity contribution in [2.75, 3.05) is 34.0 Å². The molecule has 0 N–H and O–H groups in total. The summed E-state index contributed by atoms with van der Waals surface area (Å²) in [6.07, 6.45) is 1.61. The lowest BCUT2D eigenvalue weighted by Gasteiger charge is -2.25. The van der Waals surface area contributed by atoms with Crippen LogP contribution in [0.2, 0.25) is 0 Å². The lowest BCUT2D eigenvalue weighted by atomic mass is 9.98. The van der Waals surface area contributed by atoms with Crippen LogP contribution >= 0.6 is 0 Å². The zero-order valence-electron chi connectivity index (χ0n) is 17.7. The molecule has 1 aliphatic rings. The summed E-state index contributed by atoms with van der Waals surface area (Å²) in [7, 11) is 3.03. The molecule has 2 aromatic carbocycles. The van der Waals surface area contributed by atoms with E-state index in [0.717, 1.165) is 6.07 Å². The van der Waals surface area contributed by atoms with Gasteiger partial charge in [0.05, 0.1) is 30.7 Å². The number of nitrogens with zero attached hydrogens (tertiary/aromatic N) is 1. The Morgan fingerprint density at radius 3 is 2.69 bits per heavy atom. The smallest absolute Gasteiger partial charge is 0.290 e. The summed E-state index contributed by atoms with van der Waals surface area (Å²) in [6.45, 7) is 4.41. The van der Waals surface area contributed by atoms with Crippen LogP contribution in [0.25, 0.3) is 11.0 Å². The highest BCUT2D eigenvalue weighted by Gasteiger charge is 2.42. The van der Waals surface area contributed by atoms with Crippen LogP contribution in [0.1, 0.15) is 27.7 Å². The Balaban J connectivity index is 1.91. The molecule has 1 amide bonds. The van der Waals surface area contributed by atoms with E-state index < -0.39 is 23.2 Å². The first-order valence-corrected chi connectivity index (χ1v) is 9.98. The molecule has 0 saturated heterocycles. The molecule has 8 heteroatoms. The first-order valence-electron chi connectivity index (χ1n) is 9.98. The fourth-order valence-electron chi connectivity index (χ4n) is 3.88. The number of ether oxygens (including phenoxy) is 3. The second-order valence-corrected chi connectivity index (χ2v) is 7.22. The number of hydrogen-bond donors (Lipinski definition) is 0. The normalized spacial score (nSPS) is 15.2. The van der Waals surface area contributed by atoms with Gasteiger partial charge in [-0.1, -0.05) is 18.7 Å². The maximum Gasteiger partial charge on any atom is 0.290 e. The molecule has 3 aromatic rings. The van der Waals surface area contributed by atoms with Gasteiger partial charge in [-0.25, -0.2) is 4.39 Å². The number of hydrogen-bond acceptors (Lipinski definition) is 6. The number of fused-ring (bicyclic) bond motifs is 2. The topological polar surface area (TPSA) is 78.2 Å². The van der Waals surface area contributed by atoms with E-state index >= 15 is 0 Å². The Hall–Kier alpha value is -3.65. The fraction of sp³-hybridized carbons (Fsp3) is 0.250. The molecule has 1 unspecified atom stereocenters. The maximum atomic E-state index is 13.8. The van der Waals surface area contributed by atoms with Gasteiger partial charge in [0.2, 0.25) is 5.76 Å². The van der Waals surface area contributed by atoms with Crippen LogP contribution < -0.4 is 14.9 Å². The van der Waals surface area contributed by atoms with E-state index in [1.807, 2.05) is 0 Å². The quantitative estimate of drug-likeness (QED) is 0.498. The summed E-state index contributed by atoms with van der Waals surface area (Å²) in [6, 6.07) is 8.07. The molecule has 32 heavy (non-hydrogen) atoms. The molecule has 1 atom stereocenters. The van der Waals surface area contributed by atoms with Gasteiger partial charge in [-0.15, -0.1) is 0 Å². The Kier molecular flexibility index (Phi) is 5.96. The van der Waals surface area contributed by atoms with Crippen molar-refractivity contribution in [2.45, 2.75) is 6.04 Å². The van der Waals surface area contributed by atoms with Crippen molar-refractivity contribution in [1.82, 2.24) is 4.90 Å². The van der Waals surface area contributed by atoms with Crippen LogP contribution in [0.5, 0.6) is 11.5 Å². The van der Waals surface area contributed by atoms with E-state index in [2.05, 4.69) is 6.58 Å². The standard InChI is InChI=1S/C24H22FNO6/c1-4-10-31-18-7-5-14(12-19(18)30-3)21-20-22(27)16-13-15(25)6-8-17(16)32-23(20)24(28)26(21)9-11-29-2/h4-8,12-13,21H,1,9-11H2,2-3H3. The van der Waals surface area contributed by atoms with Gasteiger partial charge < -0.3 is 23.5 Å². The Morgan fingerprint density at radius 1 is 1.16 bits per heavy atom. The molecule has 0 radical (unpaired) electrons. The van der Waals surface area contributed by atoms with Gasteiger partial charge in [0.1, 0.15) is 18.0 Å². The molecule has 2 heterocycles. The largest absolute Gasteiger partial charge is 0.493 e. The number of carbonyl (C=O) groups excluding carboxylic acids is 1. The molecule has 0 aliphatic carbocycles. The third-order valence-electron chi connectivity index (χ3n) is 5.32. The number of amides is 1.